The molecule has 0 atom stereocenters. The van der Waals surface area contributed by atoms with Crippen LogP contribution < -0.4 is 4.74 Å². The minimum Gasteiger partial charge on any atom is -0.471 e. The van der Waals surface area contributed by atoms with Gasteiger partial charge < -0.3 is 14.2 Å². The van der Waals surface area contributed by atoms with Crippen molar-refractivity contribution in [3.8, 4) is 5.88 Å². The van der Waals surface area contributed by atoms with Crippen LogP contribution in [0.1, 0.15) is 11.3 Å². The minimum atomic E-state index is 0.509. The second-order valence-corrected chi connectivity index (χ2v) is 4.14. The molecule has 1 aromatic carbocycles. The molecule has 0 radical (unpaired) electrons. The largest absolute Gasteiger partial charge is 0.471 e. The van der Waals surface area contributed by atoms with Crippen molar-refractivity contribution in [2.24, 2.45) is 0 Å². The normalized spacial score (nSPS) is 10.8. The summed E-state index contributed by atoms with van der Waals surface area (Å²) in [7, 11) is 3.96. The molecule has 0 spiro atoms. The standard InChI is InChI=1S/C13H16N2O2/c1-15(2)9-12-8-13(14-17-12)16-10-11-6-4-3-5-7-11/h3-8H,9-10H2,1-2H3. The lowest BCUT2D eigenvalue weighted by atomic mass is 10.2. The zero-order valence-corrected chi connectivity index (χ0v) is 10.1. The van der Waals surface area contributed by atoms with Gasteiger partial charge in [-0.05, 0) is 24.8 Å². The maximum absolute atomic E-state index is 5.53. The van der Waals surface area contributed by atoms with Gasteiger partial charge in [-0.2, -0.15) is 0 Å². The first-order valence-electron chi connectivity index (χ1n) is 5.51. The Balaban J connectivity index is 1.89. The van der Waals surface area contributed by atoms with Gasteiger partial charge in [-0.15, -0.1) is 0 Å². The molecule has 1 aromatic heterocycles. The van der Waals surface area contributed by atoms with Gasteiger partial charge in [-0.3, -0.25) is 0 Å². The number of nitrogens with zero attached hydrogens (tertiary/aromatic N) is 2. The lowest BCUT2D eigenvalue weighted by Crippen LogP contribution is -2.09. The second-order valence-electron chi connectivity index (χ2n) is 4.14. The van der Waals surface area contributed by atoms with Crippen molar-refractivity contribution in [1.29, 1.82) is 0 Å². The Hall–Kier alpha value is -1.81. The molecule has 1 heterocycles. The van der Waals surface area contributed by atoms with Crippen molar-refractivity contribution in [2.45, 2.75) is 13.2 Å². The molecule has 0 saturated heterocycles. The van der Waals surface area contributed by atoms with E-state index in [2.05, 4.69) is 5.16 Å². The fraction of sp³-hybridized carbons (Fsp3) is 0.308. The molecule has 0 aliphatic heterocycles. The van der Waals surface area contributed by atoms with Gasteiger partial charge in [0, 0.05) is 6.07 Å². The zero-order valence-electron chi connectivity index (χ0n) is 10.1. The van der Waals surface area contributed by atoms with Crippen LogP contribution in [0.4, 0.5) is 0 Å². The quantitative estimate of drug-likeness (QED) is 0.793. The molecule has 0 fully saturated rings. The van der Waals surface area contributed by atoms with E-state index in [1.54, 1.807) is 0 Å². The topological polar surface area (TPSA) is 38.5 Å². The molecule has 2 aromatic rings. The van der Waals surface area contributed by atoms with Gasteiger partial charge in [0.05, 0.1) is 6.54 Å². The van der Waals surface area contributed by atoms with Crippen molar-refractivity contribution in [2.75, 3.05) is 14.1 Å². The molecule has 0 saturated carbocycles. The van der Waals surface area contributed by atoms with Crippen LogP contribution in [0, 0.1) is 0 Å². The van der Waals surface area contributed by atoms with Crippen molar-refractivity contribution in [1.82, 2.24) is 10.1 Å². The molecule has 0 N–H and O–H groups in total. The summed E-state index contributed by atoms with van der Waals surface area (Å²) in [6, 6.07) is 11.8. The van der Waals surface area contributed by atoms with E-state index in [9.17, 15) is 0 Å². The monoisotopic (exact) mass is 232 g/mol. The Morgan fingerprint density at radius 1 is 1.24 bits per heavy atom. The third kappa shape index (κ3) is 3.60. The minimum absolute atomic E-state index is 0.509. The lowest BCUT2D eigenvalue weighted by molar-refractivity contribution is 0.258. The number of hydrogen-bond donors (Lipinski definition) is 0. The van der Waals surface area contributed by atoms with Gasteiger partial charge in [0.15, 0.2) is 5.76 Å². The van der Waals surface area contributed by atoms with Gasteiger partial charge in [-0.25, -0.2) is 0 Å². The van der Waals surface area contributed by atoms with E-state index in [0.29, 0.717) is 12.5 Å². The van der Waals surface area contributed by atoms with E-state index < -0.39 is 0 Å². The fourth-order valence-corrected chi connectivity index (χ4v) is 1.48. The third-order valence-corrected chi connectivity index (χ3v) is 2.24. The van der Waals surface area contributed by atoms with Gasteiger partial charge in [0.1, 0.15) is 6.61 Å². The Labute approximate surface area is 101 Å². The van der Waals surface area contributed by atoms with Crippen LogP contribution in [0.5, 0.6) is 5.88 Å². The maximum atomic E-state index is 5.53. The summed E-state index contributed by atoms with van der Waals surface area (Å²) in [5.41, 5.74) is 1.12. The highest BCUT2D eigenvalue weighted by Gasteiger charge is 2.05. The van der Waals surface area contributed by atoms with Crippen LogP contribution in [0.25, 0.3) is 0 Å². The molecule has 4 nitrogen and oxygen atoms in total. The van der Waals surface area contributed by atoms with Gasteiger partial charge in [-0.1, -0.05) is 30.3 Å². The zero-order chi connectivity index (χ0) is 12.1. The summed E-state index contributed by atoms with van der Waals surface area (Å²) < 4.78 is 10.7. The average Bonchev–Trinajstić information content (AvgIpc) is 2.75. The number of benzene rings is 1. The van der Waals surface area contributed by atoms with E-state index in [1.807, 2.05) is 55.4 Å². The van der Waals surface area contributed by atoms with Gasteiger partial charge >= 0.3 is 0 Å². The number of ether oxygens (including phenoxy) is 1. The van der Waals surface area contributed by atoms with Crippen molar-refractivity contribution in [3.05, 3.63) is 47.7 Å². The fourth-order valence-electron chi connectivity index (χ4n) is 1.48. The van der Waals surface area contributed by atoms with Crippen molar-refractivity contribution >= 4 is 0 Å². The molecular formula is C13H16N2O2. The Morgan fingerprint density at radius 3 is 2.71 bits per heavy atom. The van der Waals surface area contributed by atoms with E-state index in [0.717, 1.165) is 17.9 Å². The third-order valence-electron chi connectivity index (χ3n) is 2.24. The molecule has 17 heavy (non-hydrogen) atoms. The van der Waals surface area contributed by atoms with E-state index in [4.69, 9.17) is 9.26 Å². The molecular weight excluding hydrogens is 216 g/mol. The maximum Gasteiger partial charge on any atom is 0.254 e. The smallest absolute Gasteiger partial charge is 0.254 e. The number of hydrogen-bond acceptors (Lipinski definition) is 4. The molecule has 0 unspecified atom stereocenters. The average molecular weight is 232 g/mol. The number of aromatic nitrogens is 1. The SMILES string of the molecule is CN(C)Cc1cc(OCc2ccccc2)no1. The highest BCUT2D eigenvalue weighted by Crippen LogP contribution is 2.14. The first-order valence-corrected chi connectivity index (χ1v) is 5.51. The first-order chi connectivity index (χ1) is 8.24. The second kappa shape index (κ2) is 5.50. The van der Waals surface area contributed by atoms with Crippen LogP contribution in [0.3, 0.4) is 0 Å². The van der Waals surface area contributed by atoms with Gasteiger partial charge in [0.25, 0.3) is 5.88 Å². The van der Waals surface area contributed by atoms with Crippen LogP contribution in [0.2, 0.25) is 0 Å². The summed E-state index contributed by atoms with van der Waals surface area (Å²) in [6.45, 7) is 1.23. The predicted molar refractivity (Wildman–Crippen MR) is 64.7 cm³/mol. The van der Waals surface area contributed by atoms with E-state index in [1.165, 1.54) is 0 Å². The van der Waals surface area contributed by atoms with Crippen molar-refractivity contribution < 1.29 is 9.26 Å². The van der Waals surface area contributed by atoms with Crippen molar-refractivity contribution in [3.63, 3.8) is 0 Å². The summed E-state index contributed by atoms with van der Waals surface area (Å²) in [5.74, 6) is 1.34. The Morgan fingerprint density at radius 2 is 2.00 bits per heavy atom. The van der Waals surface area contributed by atoms with Crippen LogP contribution in [-0.4, -0.2) is 24.2 Å². The van der Waals surface area contributed by atoms with Crippen LogP contribution >= 0.6 is 0 Å². The first kappa shape index (κ1) is 11.7. The Bertz CT molecular complexity index is 451. The summed E-state index contributed by atoms with van der Waals surface area (Å²) >= 11 is 0. The predicted octanol–water partition coefficient (Wildman–Crippen LogP) is 2.32. The molecule has 0 bridgehead atoms. The van der Waals surface area contributed by atoms with Crippen LogP contribution in [-0.2, 0) is 13.2 Å². The van der Waals surface area contributed by atoms with E-state index in [-0.39, 0.29) is 0 Å². The Kier molecular flexibility index (Phi) is 3.77. The summed E-state index contributed by atoms with van der Waals surface area (Å²) in [5, 5.41) is 3.86. The van der Waals surface area contributed by atoms with E-state index >= 15 is 0 Å². The highest BCUT2D eigenvalue weighted by atomic mass is 16.5. The highest BCUT2D eigenvalue weighted by molar-refractivity contribution is 5.16. The molecule has 0 aliphatic rings. The van der Waals surface area contributed by atoms with Gasteiger partial charge in [0.2, 0.25) is 0 Å². The lowest BCUT2D eigenvalue weighted by Gasteiger charge is -2.04. The molecule has 90 valence electrons. The number of rotatable bonds is 5. The molecule has 0 aliphatic carbocycles. The molecule has 0 amide bonds. The molecule has 4 heteroatoms. The summed E-state index contributed by atoms with van der Waals surface area (Å²) in [6.07, 6.45) is 0. The van der Waals surface area contributed by atoms with Crippen LogP contribution in [0.15, 0.2) is 40.9 Å². The molecule has 2 rings (SSSR count). The summed E-state index contributed by atoms with van der Waals surface area (Å²) in [4.78, 5) is 2.02.